The Morgan fingerprint density at radius 3 is 2.62 bits per heavy atom. The Morgan fingerprint density at radius 2 is 2.05 bits per heavy atom. The second kappa shape index (κ2) is 6.44. The summed E-state index contributed by atoms with van der Waals surface area (Å²) in [6.45, 7) is 5.22. The molecule has 6 heteroatoms. The number of nitrogens with two attached hydrogens (primary N) is 1. The van der Waals surface area contributed by atoms with E-state index in [-0.39, 0.29) is 6.10 Å². The van der Waals surface area contributed by atoms with Gasteiger partial charge in [0.2, 0.25) is 10.0 Å². The molecule has 0 amide bonds. The predicted molar refractivity (Wildman–Crippen MR) is 82.6 cm³/mol. The molecule has 0 aromatic heterocycles. The van der Waals surface area contributed by atoms with Crippen molar-refractivity contribution in [3.05, 3.63) is 28.8 Å². The lowest BCUT2D eigenvalue weighted by molar-refractivity contribution is 0.0979. The van der Waals surface area contributed by atoms with Crippen molar-refractivity contribution in [1.82, 2.24) is 4.31 Å². The lowest BCUT2D eigenvalue weighted by Gasteiger charge is -2.22. The molecule has 21 heavy (non-hydrogen) atoms. The van der Waals surface area contributed by atoms with Gasteiger partial charge in [0.25, 0.3) is 0 Å². The first-order valence-electron chi connectivity index (χ1n) is 7.24. The van der Waals surface area contributed by atoms with Crippen LogP contribution < -0.4 is 5.73 Å². The molecule has 0 aliphatic carbocycles. The van der Waals surface area contributed by atoms with Gasteiger partial charge in [-0.15, -0.1) is 0 Å². The van der Waals surface area contributed by atoms with Crippen LogP contribution in [0.4, 0.5) is 0 Å². The van der Waals surface area contributed by atoms with Gasteiger partial charge in [0.05, 0.1) is 11.0 Å². The van der Waals surface area contributed by atoms with Gasteiger partial charge >= 0.3 is 0 Å². The van der Waals surface area contributed by atoms with Crippen molar-refractivity contribution in [3.63, 3.8) is 0 Å². The number of hydrogen-bond acceptors (Lipinski definition) is 4. The molecule has 1 atom stereocenters. The summed E-state index contributed by atoms with van der Waals surface area (Å²) >= 11 is 0. The molecule has 1 aliphatic rings. The Morgan fingerprint density at radius 1 is 1.33 bits per heavy atom. The fourth-order valence-electron chi connectivity index (χ4n) is 2.71. The first-order chi connectivity index (χ1) is 9.86. The number of benzene rings is 1. The van der Waals surface area contributed by atoms with Crippen molar-refractivity contribution >= 4 is 10.0 Å². The molecule has 0 spiro atoms. The quantitative estimate of drug-likeness (QED) is 0.895. The van der Waals surface area contributed by atoms with Crippen LogP contribution >= 0.6 is 0 Å². The Hall–Kier alpha value is -0.950. The molecule has 1 unspecified atom stereocenters. The summed E-state index contributed by atoms with van der Waals surface area (Å²) in [5.74, 6) is 0. The van der Waals surface area contributed by atoms with Gasteiger partial charge in [0, 0.05) is 26.7 Å². The van der Waals surface area contributed by atoms with Crippen LogP contribution in [0.25, 0.3) is 0 Å². The standard InChI is InChI=1S/C15H24N2O3S/c1-11-7-12(2)15(8-13(11)9-16)21(18,19)17(3)10-14-5-4-6-20-14/h7-8,14H,4-6,9-10,16H2,1-3H3. The van der Waals surface area contributed by atoms with E-state index in [1.54, 1.807) is 13.1 Å². The topological polar surface area (TPSA) is 72.6 Å². The molecule has 1 aromatic rings. The molecule has 1 fully saturated rings. The Bertz CT molecular complexity index is 608. The first kappa shape index (κ1) is 16.4. The zero-order valence-electron chi connectivity index (χ0n) is 12.9. The summed E-state index contributed by atoms with van der Waals surface area (Å²) in [7, 11) is -1.90. The van der Waals surface area contributed by atoms with Crippen LogP contribution in [0.1, 0.15) is 29.5 Å². The van der Waals surface area contributed by atoms with Gasteiger partial charge in [-0.2, -0.15) is 4.31 Å². The highest BCUT2D eigenvalue weighted by molar-refractivity contribution is 7.89. The molecular formula is C15H24N2O3S. The van der Waals surface area contributed by atoms with Crippen LogP contribution in [0.2, 0.25) is 0 Å². The zero-order chi connectivity index (χ0) is 15.6. The number of nitrogens with zero attached hydrogens (tertiary/aromatic N) is 1. The highest BCUT2D eigenvalue weighted by Crippen LogP contribution is 2.24. The van der Waals surface area contributed by atoms with Gasteiger partial charge in [0.15, 0.2) is 0 Å². The van der Waals surface area contributed by atoms with E-state index in [1.807, 2.05) is 19.9 Å². The minimum absolute atomic E-state index is 0.00417. The number of hydrogen-bond donors (Lipinski definition) is 1. The van der Waals surface area contributed by atoms with Crippen molar-refractivity contribution in [3.8, 4) is 0 Å². The number of rotatable bonds is 5. The Labute approximate surface area is 127 Å². The second-order valence-electron chi connectivity index (χ2n) is 5.67. The summed E-state index contributed by atoms with van der Waals surface area (Å²) in [5.41, 5.74) is 8.34. The third-order valence-electron chi connectivity index (χ3n) is 4.03. The lowest BCUT2D eigenvalue weighted by atomic mass is 10.1. The highest BCUT2D eigenvalue weighted by Gasteiger charge is 2.27. The summed E-state index contributed by atoms with van der Waals surface area (Å²) in [6.07, 6.45) is 1.92. The number of ether oxygens (including phenoxy) is 1. The van der Waals surface area contributed by atoms with Gasteiger partial charge in [0.1, 0.15) is 0 Å². The summed E-state index contributed by atoms with van der Waals surface area (Å²) in [5, 5.41) is 0. The van der Waals surface area contributed by atoms with Crippen molar-refractivity contribution in [2.24, 2.45) is 5.73 Å². The van der Waals surface area contributed by atoms with Crippen molar-refractivity contribution in [2.75, 3.05) is 20.2 Å². The lowest BCUT2D eigenvalue weighted by Crippen LogP contribution is -2.34. The fraction of sp³-hybridized carbons (Fsp3) is 0.600. The van der Waals surface area contributed by atoms with E-state index in [0.717, 1.165) is 36.1 Å². The minimum atomic E-state index is -3.51. The van der Waals surface area contributed by atoms with Crippen LogP contribution in [-0.2, 0) is 21.3 Å². The first-order valence-corrected chi connectivity index (χ1v) is 8.68. The molecule has 1 aliphatic heterocycles. The van der Waals surface area contributed by atoms with Gasteiger partial charge in [-0.3, -0.25) is 0 Å². The molecule has 2 rings (SSSR count). The van der Waals surface area contributed by atoms with Crippen LogP contribution in [-0.4, -0.2) is 39.0 Å². The van der Waals surface area contributed by atoms with Gasteiger partial charge in [-0.25, -0.2) is 8.42 Å². The minimum Gasteiger partial charge on any atom is -0.377 e. The molecule has 118 valence electrons. The van der Waals surface area contributed by atoms with E-state index in [0.29, 0.717) is 18.0 Å². The fourth-order valence-corrected chi connectivity index (χ4v) is 4.17. The van der Waals surface area contributed by atoms with Crippen LogP contribution in [0, 0.1) is 13.8 Å². The number of sulfonamides is 1. The van der Waals surface area contributed by atoms with Crippen LogP contribution in [0.5, 0.6) is 0 Å². The zero-order valence-corrected chi connectivity index (χ0v) is 13.7. The number of likely N-dealkylation sites (N-methyl/N-ethyl adjacent to an activating group) is 1. The maximum atomic E-state index is 12.7. The third-order valence-corrected chi connectivity index (χ3v) is 5.99. The average molecular weight is 312 g/mol. The summed E-state index contributed by atoms with van der Waals surface area (Å²) < 4.78 is 32.4. The van der Waals surface area contributed by atoms with Gasteiger partial charge < -0.3 is 10.5 Å². The Kier molecular flexibility index (Phi) is 5.03. The second-order valence-corrected chi connectivity index (χ2v) is 7.68. The molecule has 0 saturated carbocycles. The van der Waals surface area contributed by atoms with Crippen molar-refractivity contribution in [1.29, 1.82) is 0 Å². The predicted octanol–water partition coefficient (Wildman–Crippen LogP) is 1.56. The maximum Gasteiger partial charge on any atom is 0.243 e. The van der Waals surface area contributed by atoms with E-state index >= 15 is 0 Å². The van der Waals surface area contributed by atoms with Gasteiger partial charge in [-0.1, -0.05) is 6.07 Å². The molecule has 0 bridgehead atoms. The highest BCUT2D eigenvalue weighted by atomic mass is 32.2. The van der Waals surface area contributed by atoms with Crippen molar-refractivity contribution < 1.29 is 13.2 Å². The molecule has 5 nitrogen and oxygen atoms in total. The normalized spacial score (nSPS) is 19.4. The molecule has 0 radical (unpaired) electrons. The Balaban J connectivity index is 2.29. The SMILES string of the molecule is Cc1cc(C)c(S(=O)(=O)N(C)CC2CCCO2)cc1CN. The largest absolute Gasteiger partial charge is 0.377 e. The van der Waals surface area contributed by atoms with Crippen molar-refractivity contribution in [2.45, 2.75) is 44.2 Å². The summed E-state index contributed by atoms with van der Waals surface area (Å²) in [4.78, 5) is 0.342. The average Bonchev–Trinajstić information content (AvgIpc) is 2.91. The molecule has 1 aromatic carbocycles. The van der Waals surface area contributed by atoms with E-state index < -0.39 is 10.0 Å². The monoisotopic (exact) mass is 312 g/mol. The van der Waals surface area contributed by atoms with Crippen LogP contribution in [0.3, 0.4) is 0 Å². The van der Waals surface area contributed by atoms with Crippen LogP contribution in [0.15, 0.2) is 17.0 Å². The van der Waals surface area contributed by atoms with E-state index in [4.69, 9.17) is 10.5 Å². The van der Waals surface area contributed by atoms with E-state index in [1.165, 1.54) is 4.31 Å². The smallest absolute Gasteiger partial charge is 0.243 e. The van der Waals surface area contributed by atoms with E-state index in [9.17, 15) is 8.42 Å². The molecule has 1 heterocycles. The molecular weight excluding hydrogens is 288 g/mol. The van der Waals surface area contributed by atoms with E-state index in [2.05, 4.69) is 0 Å². The van der Waals surface area contributed by atoms with Gasteiger partial charge in [-0.05, 0) is 49.4 Å². The molecule has 1 saturated heterocycles. The summed E-state index contributed by atoms with van der Waals surface area (Å²) in [6, 6.07) is 3.58. The number of aryl methyl sites for hydroxylation is 2. The molecule has 2 N–H and O–H groups in total. The maximum absolute atomic E-state index is 12.7. The third kappa shape index (κ3) is 3.45.